The van der Waals surface area contributed by atoms with Gasteiger partial charge in [0.15, 0.2) is 11.6 Å². The summed E-state index contributed by atoms with van der Waals surface area (Å²) < 4.78 is 33.9. The lowest BCUT2D eigenvalue weighted by molar-refractivity contribution is 0.388. The third-order valence-electron chi connectivity index (χ3n) is 2.72. The van der Waals surface area contributed by atoms with Crippen LogP contribution in [0, 0.1) is 27.7 Å². The molecule has 0 aliphatic rings. The first-order valence-corrected chi connectivity index (χ1v) is 7.77. The Labute approximate surface area is 133 Å². The molecule has 0 fully saturated rings. The number of aryl methyl sites for hydroxylation is 4. The molecule has 0 aromatic carbocycles. The van der Waals surface area contributed by atoms with Gasteiger partial charge in [-0.1, -0.05) is 0 Å². The summed E-state index contributed by atoms with van der Waals surface area (Å²) in [5.74, 6) is 0.120. The Morgan fingerprint density at radius 3 is 1.39 bits per heavy atom. The van der Waals surface area contributed by atoms with Crippen molar-refractivity contribution in [2.24, 2.45) is 0 Å². The lowest BCUT2D eigenvalue weighted by atomic mass is 10.4. The van der Waals surface area contributed by atoms with E-state index in [1.165, 1.54) is 13.8 Å². The van der Waals surface area contributed by atoms with Crippen molar-refractivity contribution in [3.05, 3.63) is 23.0 Å². The van der Waals surface area contributed by atoms with Gasteiger partial charge >= 0.3 is 10.4 Å². The molecule has 2 aromatic heterocycles. The van der Waals surface area contributed by atoms with Crippen molar-refractivity contribution in [3.8, 4) is 11.5 Å². The monoisotopic (exact) mass is 340 g/mol. The second-order valence-electron chi connectivity index (χ2n) is 4.72. The Morgan fingerprint density at radius 2 is 1.09 bits per heavy atom. The molecule has 2 aromatic rings. The molecular formula is C12H16N6O4S. The minimum absolute atomic E-state index is 0.118. The highest BCUT2D eigenvalue weighted by atomic mass is 32.3. The van der Waals surface area contributed by atoms with E-state index in [2.05, 4.69) is 19.9 Å². The number of nitrogen functional groups attached to an aromatic ring is 2. The number of hydrogen-bond donors (Lipinski definition) is 2. The topological polar surface area (TPSA) is 156 Å². The van der Waals surface area contributed by atoms with Gasteiger partial charge in [0.1, 0.15) is 11.6 Å². The normalized spacial score (nSPS) is 11.3. The fourth-order valence-electron chi connectivity index (χ4n) is 1.88. The van der Waals surface area contributed by atoms with E-state index in [1.807, 2.05) is 0 Å². The first-order valence-electron chi connectivity index (χ1n) is 6.44. The maximum atomic E-state index is 12.1. The smallest absolute Gasteiger partial charge is 0.380 e. The van der Waals surface area contributed by atoms with Crippen molar-refractivity contribution >= 4 is 22.0 Å². The molecule has 0 spiro atoms. The molecule has 10 nitrogen and oxygen atoms in total. The van der Waals surface area contributed by atoms with Crippen LogP contribution in [-0.2, 0) is 10.4 Å². The SMILES string of the molecule is Cc1nc(C)c(OS(=O)(=O)Oc2c(C)nc(C)nc2N)c(N)n1. The van der Waals surface area contributed by atoms with Crippen molar-refractivity contribution in [1.29, 1.82) is 0 Å². The highest BCUT2D eigenvalue weighted by Gasteiger charge is 2.24. The summed E-state index contributed by atoms with van der Waals surface area (Å²) in [6, 6.07) is 0. The number of hydrogen-bond acceptors (Lipinski definition) is 10. The van der Waals surface area contributed by atoms with Gasteiger partial charge in [-0.2, -0.15) is 0 Å². The standard InChI is InChI=1S/C12H16N6O4S/c1-5-9(11(13)17-7(3)15-5)21-23(19,20)22-10-6(2)16-8(4)18-12(10)14/h1-4H3,(H2,13,15,17)(H2,14,16,18). The maximum absolute atomic E-state index is 12.1. The molecule has 0 bridgehead atoms. The minimum Gasteiger partial charge on any atom is -0.380 e. The molecular weight excluding hydrogens is 324 g/mol. The summed E-state index contributed by atoms with van der Waals surface area (Å²) in [5.41, 5.74) is 11.8. The van der Waals surface area contributed by atoms with Crippen LogP contribution >= 0.6 is 0 Å². The second kappa shape index (κ2) is 5.83. The quantitative estimate of drug-likeness (QED) is 0.796. The number of anilines is 2. The molecule has 11 heteroatoms. The molecule has 0 unspecified atom stereocenters. The van der Waals surface area contributed by atoms with Crippen LogP contribution in [0.1, 0.15) is 23.0 Å². The van der Waals surface area contributed by atoms with E-state index in [4.69, 9.17) is 19.8 Å². The summed E-state index contributed by atoms with van der Waals surface area (Å²) in [7, 11) is -4.52. The zero-order valence-corrected chi connectivity index (χ0v) is 13.8. The van der Waals surface area contributed by atoms with Crippen molar-refractivity contribution in [1.82, 2.24) is 19.9 Å². The van der Waals surface area contributed by atoms with Gasteiger partial charge in [-0.15, -0.1) is 8.42 Å². The number of rotatable bonds is 4. The predicted molar refractivity (Wildman–Crippen MR) is 82.0 cm³/mol. The molecule has 124 valence electrons. The summed E-state index contributed by atoms with van der Waals surface area (Å²) in [6.45, 7) is 6.30. The zero-order valence-electron chi connectivity index (χ0n) is 13.0. The van der Waals surface area contributed by atoms with Crippen LogP contribution in [-0.4, -0.2) is 28.4 Å². The van der Waals surface area contributed by atoms with Gasteiger partial charge in [-0.25, -0.2) is 19.9 Å². The summed E-state index contributed by atoms with van der Waals surface area (Å²) in [5, 5.41) is 0. The van der Waals surface area contributed by atoms with E-state index < -0.39 is 10.4 Å². The highest BCUT2D eigenvalue weighted by Crippen LogP contribution is 2.28. The Hall–Kier alpha value is -2.69. The van der Waals surface area contributed by atoms with Crippen LogP contribution in [0.4, 0.5) is 11.6 Å². The van der Waals surface area contributed by atoms with E-state index in [-0.39, 0.29) is 34.5 Å². The van der Waals surface area contributed by atoms with E-state index in [1.54, 1.807) is 13.8 Å². The molecule has 2 heterocycles. The molecule has 0 radical (unpaired) electrons. The molecule has 0 saturated heterocycles. The van der Waals surface area contributed by atoms with Crippen LogP contribution in [0.15, 0.2) is 0 Å². The van der Waals surface area contributed by atoms with Crippen LogP contribution < -0.4 is 19.8 Å². The summed E-state index contributed by atoms with van der Waals surface area (Å²) >= 11 is 0. The lowest BCUT2D eigenvalue weighted by Gasteiger charge is -2.13. The molecule has 23 heavy (non-hydrogen) atoms. The zero-order chi connectivity index (χ0) is 17.4. The van der Waals surface area contributed by atoms with Crippen molar-refractivity contribution in [3.63, 3.8) is 0 Å². The fraction of sp³-hybridized carbons (Fsp3) is 0.333. The van der Waals surface area contributed by atoms with Crippen molar-refractivity contribution < 1.29 is 16.8 Å². The molecule has 0 aliphatic carbocycles. The largest absolute Gasteiger partial charge is 0.501 e. The Bertz CT molecular complexity index is 756. The van der Waals surface area contributed by atoms with Crippen LogP contribution in [0.2, 0.25) is 0 Å². The third-order valence-corrected chi connectivity index (χ3v) is 3.46. The maximum Gasteiger partial charge on any atom is 0.501 e. The minimum atomic E-state index is -4.52. The second-order valence-corrected chi connectivity index (χ2v) is 5.87. The van der Waals surface area contributed by atoms with Gasteiger partial charge in [0.2, 0.25) is 11.5 Å². The van der Waals surface area contributed by atoms with Gasteiger partial charge in [0, 0.05) is 0 Å². The number of aromatic nitrogens is 4. The van der Waals surface area contributed by atoms with E-state index in [0.29, 0.717) is 11.6 Å². The fourth-order valence-corrected chi connectivity index (χ4v) is 2.74. The van der Waals surface area contributed by atoms with Gasteiger partial charge < -0.3 is 19.8 Å². The first-order chi connectivity index (χ1) is 10.6. The van der Waals surface area contributed by atoms with Crippen LogP contribution in [0.25, 0.3) is 0 Å². The van der Waals surface area contributed by atoms with E-state index in [9.17, 15) is 8.42 Å². The average molecular weight is 340 g/mol. The number of nitrogens with zero attached hydrogens (tertiary/aromatic N) is 4. The van der Waals surface area contributed by atoms with Crippen molar-refractivity contribution in [2.75, 3.05) is 11.5 Å². The number of nitrogens with two attached hydrogens (primary N) is 2. The Morgan fingerprint density at radius 1 is 0.739 bits per heavy atom. The summed E-state index contributed by atoms with van der Waals surface area (Å²) in [6.07, 6.45) is 0. The summed E-state index contributed by atoms with van der Waals surface area (Å²) in [4.78, 5) is 15.7. The van der Waals surface area contributed by atoms with Crippen molar-refractivity contribution in [2.45, 2.75) is 27.7 Å². The van der Waals surface area contributed by atoms with Gasteiger partial charge in [0.25, 0.3) is 0 Å². The van der Waals surface area contributed by atoms with Gasteiger partial charge in [-0.3, -0.25) is 0 Å². The molecule has 0 amide bonds. The van der Waals surface area contributed by atoms with Gasteiger partial charge in [0.05, 0.1) is 11.4 Å². The predicted octanol–water partition coefficient (Wildman–Crippen LogP) is 0.367. The average Bonchev–Trinajstić information content (AvgIpc) is 2.38. The Balaban J connectivity index is 2.35. The third kappa shape index (κ3) is 3.74. The van der Waals surface area contributed by atoms with Gasteiger partial charge in [-0.05, 0) is 27.7 Å². The molecule has 0 atom stereocenters. The van der Waals surface area contributed by atoms with E-state index in [0.717, 1.165) is 0 Å². The first kappa shape index (κ1) is 16.7. The highest BCUT2D eigenvalue weighted by molar-refractivity contribution is 7.82. The van der Waals surface area contributed by atoms with E-state index >= 15 is 0 Å². The van der Waals surface area contributed by atoms with Crippen LogP contribution in [0.3, 0.4) is 0 Å². The lowest BCUT2D eigenvalue weighted by Crippen LogP contribution is -2.20. The molecule has 2 rings (SSSR count). The molecule has 0 aliphatic heterocycles. The molecule has 4 N–H and O–H groups in total. The molecule has 0 saturated carbocycles. The Kier molecular flexibility index (Phi) is 4.23. The van der Waals surface area contributed by atoms with Crippen LogP contribution in [0.5, 0.6) is 11.5 Å².